The number of hydrogen-bond donors (Lipinski definition) is 0. The predicted octanol–water partition coefficient (Wildman–Crippen LogP) is 5.84. The monoisotopic (exact) mass is 493 g/mol. The highest BCUT2D eigenvalue weighted by Gasteiger charge is 2.32. The number of thioether (sulfide) groups is 1. The Morgan fingerprint density at radius 1 is 1.21 bits per heavy atom. The third kappa shape index (κ3) is 4.52. The van der Waals surface area contributed by atoms with Gasteiger partial charge in [0.25, 0.3) is 11.5 Å². The Labute approximate surface area is 208 Å². The van der Waals surface area contributed by atoms with Crippen LogP contribution in [0.4, 0.5) is 0 Å². The minimum absolute atomic E-state index is 0.174. The van der Waals surface area contributed by atoms with Crippen LogP contribution in [0.3, 0.4) is 0 Å². The van der Waals surface area contributed by atoms with Crippen LogP contribution in [0.1, 0.15) is 55.4 Å². The van der Waals surface area contributed by atoms with E-state index in [9.17, 15) is 9.59 Å². The molecule has 2 aromatic heterocycles. The maximum absolute atomic E-state index is 13.6. The van der Waals surface area contributed by atoms with Gasteiger partial charge in [0, 0.05) is 12.7 Å². The second kappa shape index (κ2) is 9.72. The summed E-state index contributed by atoms with van der Waals surface area (Å²) in [7, 11) is 0. The summed E-state index contributed by atoms with van der Waals surface area (Å²) in [6.07, 6.45) is 4.03. The predicted molar refractivity (Wildman–Crippen MR) is 142 cm³/mol. The van der Waals surface area contributed by atoms with Crippen LogP contribution in [0.2, 0.25) is 0 Å². The van der Waals surface area contributed by atoms with E-state index < -0.39 is 0 Å². The minimum Gasteiger partial charge on any atom is -0.438 e. The molecule has 4 rings (SSSR count). The van der Waals surface area contributed by atoms with Gasteiger partial charge < -0.3 is 4.74 Å². The summed E-state index contributed by atoms with van der Waals surface area (Å²) in [6, 6.07) is 9.71. The number of aryl methyl sites for hydroxylation is 2. The first-order valence-electron chi connectivity index (χ1n) is 11.3. The Morgan fingerprint density at radius 2 is 1.97 bits per heavy atom. The lowest BCUT2D eigenvalue weighted by molar-refractivity contribution is -0.122. The van der Waals surface area contributed by atoms with Gasteiger partial charge in [0.15, 0.2) is 0 Å². The van der Waals surface area contributed by atoms with Gasteiger partial charge in [-0.25, -0.2) is 0 Å². The van der Waals surface area contributed by atoms with Crippen molar-refractivity contribution >= 4 is 45.9 Å². The zero-order valence-electron chi connectivity index (χ0n) is 19.9. The van der Waals surface area contributed by atoms with Gasteiger partial charge in [-0.05, 0) is 61.1 Å². The van der Waals surface area contributed by atoms with Crippen LogP contribution >= 0.6 is 24.0 Å². The number of nitrogens with zero attached hydrogens (tertiary/aromatic N) is 3. The van der Waals surface area contributed by atoms with Gasteiger partial charge in [-0.1, -0.05) is 63.0 Å². The largest absolute Gasteiger partial charge is 0.438 e. The van der Waals surface area contributed by atoms with Crippen LogP contribution in [-0.4, -0.2) is 31.1 Å². The number of fused-ring (bicyclic) bond motifs is 1. The second-order valence-corrected chi connectivity index (χ2v) is 10.3. The van der Waals surface area contributed by atoms with Crippen molar-refractivity contribution in [2.45, 2.75) is 47.0 Å². The molecule has 3 aromatic rings. The summed E-state index contributed by atoms with van der Waals surface area (Å²) >= 11 is 6.59. The Kier molecular flexibility index (Phi) is 6.91. The average Bonchev–Trinajstić information content (AvgIpc) is 3.04. The van der Waals surface area contributed by atoms with Gasteiger partial charge in [0.05, 0.1) is 4.91 Å². The van der Waals surface area contributed by atoms with Crippen LogP contribution in [0.15, 0.2) is 46.2 Å². The number of ether oxygens (including phenoxy) is 1. The van der Waals surface area contributed by atoms with Gasteiger partial charge in [-0.2, -0.15) is 4.98 Å². The molecule has 0 N–H and O–H groups in total. The molecule has 0 bridgehead atoms. The number of carbonyl (C=O) groups excluding carboxylic acids is 1. The molecule has 34 heavy (non-hydrogen) atoms. The van der Waals surface area contributed by atoms with E-state index in [4.69, 9.17) is 21.9 Å². The summed E-state index contributed by atoms with van der Waals surface area (Å²) in [5.41, 5.74) is 3.32. The third-order valence-electron chi connectivity index (χ3n) is 5.64. The molecule has 6 nitrogen and oxygen atoms in total. The quantitative estimate of drug-likeness (QED) is 0.318. The molecule has 0 aliphatic carbocycles. The fourth-order valence-electron chi connectivity index (χ4n) is 3.85. The molecule has 0 saturated carbocycles. The molecular weight excluding hydrogens is 466 g/mol. The highest BCUT2D eigenvalue weighted by molar-refractivity contribution is 8.26. The Bertz CT molecular complexity index is 1390. The topological polar surface area (TPSA) is 63.9 Å². The molecule has 176 valence electrons. The lowest BCUT2D eigenvalue weighted by Crippen LogP contribution is -2.28. The smallest absolute Gasteiger partial charge is 0.269 e. The summed E-state index contributed by atoms with van der Waals surface area (Å²) in [5, 5.41) is 0. The van der Waals surface area contributed by atoms with E-state index in [1.807, 2.05) is 45.0 Å². The lowest BCUT2D eigenvalue weighted by Gasteiger charge is -2.16. The average molecular weight is 494 g/mol. The molecule has 0 unspecified atom stereocenters. The SMILES string of the molecule is CCCN1C(=O)/C(=C\c2c(Oc3cc(C)ccc3C(C)C)nc3c(C)cccn3c2=O)SC1=S. The minimum atomic E-state index is -0.303. The van der Waals surface area contributed by atoms with Crippen molar-refractivity contribution in [1.82, 2.24) is 14.3 Å². The van der Waals surface area contributed by atoms with Crippen LogP contribution < -0.4 is 10.3 Å². The van der Waals surface area contributed by atoms with Crippen molar-refractivity contribution in [1.29, 1.82) is 0 Å². The van der Waals surface area contributed by atoms with E-state index >= 15 is 0 Å². The highest BCUT2D eigenvalue weighted by Crippen LogP contribution is 2.36. The first-order valence-corrected chi connectivity index (χ1v) is 12.5. The molecule has 1 fully saturated rings. The summed E-state index contributed by atoms with van der Waals surface area (Å²) in [5.74, 6) is 0.836. The normalized spacial score (nSPS) is 15.2. The third-order valence-corrected chi connectivity index (χ3v) is 7.02. The number of carbonyl (C=O) groups is 1. The number of rotatable bonds is 6. The number of hydrogen-bond acceptors (Lipinski definition) is 6. The molecule has 0 atom stereocenters. The Balaban J connectivity index is 1.92. The fourth-order valence-corrected chi connectivity index (χ4v) is 5.14. The van der Waals surface area contributed by atoms with E-state index in [-0.39, 0.29) is 28.8 Å². The number of benzene rings is 1. The number of thiocarbonyl (C=S) groups is 1. The van der Waals surface area contributed by atoms with Gasteiger partial charge in [-0.15, -0.1) is 0 Å². The molecule has 1 aliphatic rings. The van der Waals surface area contributed by atoms with E-state index in [1.54, 1.807) is 23.2 Å². The van der Waals surface area contributed by atoms with Crippen LogP contribution in [0.5, 0.6) is 11.6 Å². The summed E-state index contributed by atoms with van der Waals surface area (Å²) in [6.45, 7) is 10.6. The Morgan fingerprint density at radius 3 is 2.68 bits per heavy atom. The van der Waals surface area contributed by atoms with Crippen molar-refractivity contribution in [2.75, 3.05) is 6.54 Å². The molecule has 3 heterocycles. The zero-order valence-corrected chi connectivity index (χ0v) is 21.5. The fraction of sp³-hybridized carbons (Fsp3) is 0.308. The summed E-state index contributed by atoms with van der Waals surface area (Å²) in [4.78, 5) is 33.3. The van der Waals surface area contributed by atoms with Crippen molar-refractivity contribution in [3.8, 4) is 11.6 Å². The first kappa shape index (κ1) is 24.2. The van der Waals surface area contributed by atoms with Crippen molar-refractivity contribution in [3.63, 3.8) is 0 Å². The molecular formula is C26H27N3O3S2. The maximum Gasteiger partial charge on any atom is 0.269 e. The maximum atomic E-state index is 13.6. The molecule has 1 saturated heterocycles. The van der Waals surface area contributed by atoms with Gasteiger partial charge in [0.1, 0.15) is 21.3 Å². The van der Waals surface area contributed by atoms with Crippen molar-refractivity contribution < 1.29 is 9.53 Å². The lowest BCUT2D eigenvalue weighted by atomic mass is 10.0. The van der Waals surface area contributed by atoms with E-state index in [0.717, 1.165) is 23.1 Å². The highest BCUT2D eigenvalue weighted by atomic mass is 32.2. The second-order valence-electron chi connectivity index (χ2n) is 8.65. The van der Waals surface area contributed by atoms with E-state index in [2.05, 4.69) is 13.8 Å². The van der Waals surface area contributed by atoms with Crippen LogP contribution in [0, 0.1) is 13.8 Å². The van der Waals surface area contributed by atoms with E-state index in [1.165, 1.54) is 16.2 Å². The van der Waals surface area contributed by atoms with Crippen molar-refractivity contribution in [3.05, 3.63) is 74.0 Å². The molecule has 1 amide bonds. The molecule has 1 aromatic carbocycles. The van der Waals surface area contributed by atoms with Gasteiger partial charge >= 0.3 is 0 Å². The first-order chi connectivity index (χ1) is 16.2. The molecule has 0 spiro atoms. The molecule has 8 heteroatoms. The van der Waals surface area contributed by atoms with Gasteiger partial charge in [-0.3, -0.25) is 18.9 Å². The zero-order chi connectivity index (χ0) is 24.6. The van der Waals surface area contributed by atoms with E-state index in [0.29, 0.717) is 27.2 Å². The molecule has 1 aliphatic heterocycles. The van der Waals surface area contributed by atoms with Crippen LogP contribution in [0.25, 0.3) is 11.7 Å². The number of aromatic nitrogens is 2. The van der Waals surface area contributed by atoms with Gasteiger partial charge in [0.2, 0.25) is 5.88 Å². The standard InChI is InChI=1S/C26H27N3O3S2/c1-6-11-29-25(31)21(34-26(29)33)14-19-23(27-22-17(5)8-7-12-28(22)24(19)30)32-20-13-16(4)9-10-18(20)15(2)3/h7-10,12-15H,6,11H2,1-5H3/b21-14+. The number of pyridine rings is 1. The van der Waals surface area contributed by atoms with Crippen molar-refractivity contribution in [2.24, 2.45) is 0 Å². The van der Waals surface area contributed by atoms with Crippen LogP contribution in [-0.2, 0) is 4.79 Å². The summed E-state index contributed by atoms with van der Waals surface area (Å²) < 4.78 is 8.32. The number of amides is 1. The molecule has 0 radical (unpaired) electrons. The Hall–Kier alpha value is -2.97.